The highest BCUT2D eigenvalue weighted by molar-refractivity contribution is 5.94. The van der Waals surface area contributed by atoms with Gasteiger partial charge in [-0.05, 0) is 55.9 Å². The fourth-order valence-corrected chi connectivity index (χ4v) is 4.17. The molecule has 1 atom stereocenters. The van der Waals surface area contributed by atoms with E-state index in [0.29, 0.717) is 24.2 Å². The van der Waals surface area contributed by atoms with E-state index in [-0.39, 0.29) is 59.3 Å². The first-order valence-electron chi connectivity index (χ1n) is 13.2. The molecule has 0 radical (unpaired) electrons. The van der Waals surface area contributed by atoms with Gasteiger partial charge >= 0.3 is 6.61 Å². The molecule has 0 saturated heterocycles. The Morgan fingerprint density at radius 3 is 2.51 bits per heavy atom. The van der Waals surface area contributed by atoms with Crippen LogP contribution < -0.4 is 25.8 Å². The number of carbonyl (C=O) groups is 2. The number of hydrogen-bond acceptors (Lipinski definition) is 7. The van der Waals surface area contributed by atoms with Crippen LogP contribution in [-0.4, -0.2) is 36.6 Å². The topological polar surface area (TPSA) is 129 Å². The summed E-state index contributed by atoms with van der Waals surface area (Å²) in [7, 11) is 0. The number of halogens is 4. The van der Waals surface area contributed by atoms with E-state index in [1.807, 2.05) is 0 Å². The number of amides is 2. The molecule has 13 heteroatoms. The molecule has 2 saturated carbocycles. The number of nitrogens with zero attached hydrogens (tertiary/aromatic N) is 1. The summed E-state index contributed by atoms with van der Waals surface area (Å²) in [5.74, 6) is -2.62. The van der Waals surface area contributed by atoms with Gasteiger partial charge in [-0.2, -0.15) is 8.78 Å². The Labute approximate surface area is 232 Å². The second-order valence-corrected chi connectivity index (χ2v) is 10.0. The molecule has 41 heavy (non-hydrogen) atoms. The summed E-state index contributed by atoms with van der Waals surface area (Å²) in [5.41, 5.74) is 5.87. The maximum absolute atomic E-state index is 14.7. The van der Waals surface area contributed by atoms with Gasteiger partial charge in [0.25, 0.3) is 5.91 Å². The van der Waals surface area contributed by atoms with E-state index in [2.05, 4.69) is 20.4 Å². The first-order valence-corrected chi connectivity index (χ1v) is 13.2. The Morgan fingerprint density at radius 1 is 1.07 bits per heavy atom. The molecule has 1 heterocycles. The zero-order valence-electron chi connectivity index (χ0n) is 21.8. The number of benzene rings is 2. The van der Waals surface area contributed by atoms with Crippen LogP contribution in [-0.2, 0) is 11.3 Å². The molecule has 2 aromatic carbocycles. The summed E-state index contributed by atoms with van der Waals surface area (Å²) in [5, 5.41) is 5.31. The maximum Gasteiger partial charge on any atom is 0.387 e. The predicted molar refractivity (Wildman–Crippen MR) is 137 cm³/mol. The number of carbonyl (C=O) groups excluding carboxylic acids is 2. The monoisotopic (exact) mass is 576 g/mol. The Bertz CT molecular complexity index is 1420. The highest BCUT2D eigenvalue weighted by atomic mass is 19.3. The van der Waals surface area contributed by atoms with Crippen molar-refractivity contribution in [3.05, 3.63) is 65.1 Å². The van der Waals surface area contributed by atoms with Gasteiger partial charge in [0.1, 0.15) is 11.6 Å². The summed E-state index contributed by atoms with van der Waals surface area (Å²) in [6, 6.07) is 5.96. The average Bonchev–Trinajstić information content (AvgIpc) is 3.87. The van der Waals surface area contributed by atoms with E-state index < -0.39 is 30.2 Å². The van der Waals surface area contributed by atoms with Crippen LogP contribution in [0.4, 0.5) is 17.6 Å². The van der Waals surface area contributed by atoms with Crippen molar-refractivity contribution in [2.24, 2.45) is 17.6 Å². The minimum atomic E-state index is -3.06. The molecule has 1 unspecified atom stereocenters. The fourth-order valence-electron chi connectivity index (χ4n) is 4.17. The van der Waals surface area contributed by atoms with Crippen molar-refractivity contribution >= 4 is 11.8 Å². The van der Waals surface area contributed by atoms with Crippen LogP contribution in [0.25, 0.3) is 11.5 Å². The number of hydrogen-bond donors (Lipinski definition) is 3. The fraction of sp³-hybridized carbons (Fsp3) is 0.393. The number of aromatic nitrogens is 1. The second-order valence-electron chi connectivity index (χ2n) is 10.0. The zero-order valence-corrected chi connectivity index (χ0v) is 21.8. The number of nitrogens with one attached hydrogen (secondary N) is 2. The molecule has 0 spiro atoms. The van der Waals surface area contributed by atoms with Crippen LogP contribution in [0.2, 0.25) is 0 Å². The van der Waals surface area contributed by atoms with Crippen molar-refractivity contribution in [1.29, 1.82) is 0 Å². The van der Waals surface area contributed by atoms with E-state index in [0.717, 1.165) is 31.7 Å². The molecule has 5 rings (SSSR count). The minimum absolute atomic E-state index is 0.00574. The van der Waals surface area contributed by atoms with Crippen molar-refractivity contribution in [2.45, 2.75) is 44.9 Å². The lowest BCUT2D eigenvalue weighted by atomic mass is 10.1. The second kappa shape index (κ2) is 12.2. The third-order valence-corrected chi connectivity index (χ3v) is 6.75. The van der Waals surface area contributed by atoms with Crippen LogP contribution in [0.5, 0.6) is 11.5 Å². The summed E-state index contributed by atoms with van der Waals surface area (Å²) < 4.78 is 70.0. The average molecular weight is 577 g/mol. The highest BCUT2D eigenvalue weighted by Gasteiger charge is 2.31. The highest BCUT2D eigenvalue weighted by Crippen LogP contribution is 2.37. The number of oxazole rings is 1. The van der Waals surface area contributed by atoms with Crippen molar-refractivity contribution in [2.75, 3.05) is 13.2 Å². The van der Waals surface area contributed by atoms with Gasteiger partial charge in [0, 0.05) is 29.7 Å². The normalized spacial score (nSPS) is 15.5. The van der Waals surface area contributed by atoms with Gasteiger partial charge in [-0.15, -0.1) is 0 Å². The number of ether oxygens (including phenoxy) is 2. The van der Waals surface area contributed by atoms with Crippen molar-refractivity contribution in [3.63, 3.8) is 0 Å². The third-order valence-electron chi connectivity index (χ3n) is 6.75. The smallest absolute Gasteiger partial charge is 0.387 e. The van der Waals surface area contributed by atoms with Crippen LogP contribution in [0.15, 0.2) is 40.8 Å². The van der Waals surface area contributed by atoms with Crippen molar-refractivity contribution < 1.29 is 41.0 Å². The van der Waals surface area contributed by atoms with Gasteiger partial charge < -0.3 is 30.3 Å². The van der Waals surface area contributed by atoms with E-state index in [4.69, 9.17) is 14.9 Å². The zero-order chi connectivity index (χ0) is 29.1. The Balaban J connectivity index is 1.39. The van der Waals surface area contributed by atoms with Gasteiger partial charge in [0.05, 0.1) is 19.2 Å². The summed E-state index contributed by atoms with van der Waals surface area (Å²) in [4.78, 5) is 29.8. The van der Waals surface area contributed by atoms with Gasteiger partial charge in [-0.1, -0.05) is 6.07 Å². The number of rotatable bonds is 13. The van der Waals surface area contributed by atoms with Crippen molar-refractivity contribution in [3.8, 4) is 23.0 Å². The number of alkyl halides is 2. The largest absolute Gasteiger partial charge is 0.489 e. The predicted octanol–water partition coefficient (Wildman–Crippen LogP) is 4.47. The summed E-state index contributed by atoms with van der Waals surface area (Å²) >= 11 is 0. The molecule has 3 aromatic rings. The first kappa shape index (κ1) is 28.4. The molecule has 9 nitrogen and oxygen atoms in total. The standard InChI is InChI=1S/C28H28F4N4O5/c29-17-6-7-18(19(30)10-17)20(12-34-25(37)15-3-4-15)35-26(38)24-23(11-33)40-27(36-24)16-5-8-21(41-28(31)32)22(9-16)39-13-14-1-2-14/h5-10,14-15,20,28H,1-4,11-13,33H2,(H,34,37)(H,35,38). The molecular formula is C28H28F4N4O5. The Kier molecular flexibility index (Phi) is 8.43. The molecule has 2 aliphatic carbocycles. The molecule has 1 aromatic heterocycles. The quantitative estimate of drug-likeness (QED) is 0.256. The molecule has 2 amide bonds. The number of nitrogens with two attached hydrogens (primary N) is 1. The molecule has 4 N–H and O–H groups in total. The van der Waals surface area contributed by atoms with Crippen molar-refractivity contribution in [1.82, 2.24) is 15.6 Å². The maximum atomic E-state index is 14.7. The molecule has 218 valence electrons. The van der Waals surface area contributed by atoms with Gasteiger partial charge in [0.15, 0.2) is 23.0 Å². The lowest BCUT2D eigenvalue weighted by molar-refractivity contribution is -0.122. The SMILES string of the molecule is NCc1oc(-c2ccc(OC(F)F)c(OCC3CC3)c2)nc1C(=O)NC(CNC(=O)C1CC1)c1ccc(F)cc1F. The minimum Gasteiger partial charge on any atom is -0.489 e. The van der Waals surface area contributed by atoms with Gasteiger partial charge in [-0.25, -0.2) is 13.8 Å². The lowest BCUT2D eigenvalue weighted by Crippen LogP contribution is -2.39. The lowest BCUT2D eigenvalue weighted by Gasteiger charge is -2.20. The molecule has 2 fully saturated rings. The van der Waals surface area contributed by atoms with Gasteiger partial charge in [0.2, 0.25) is 11.8 Å². The van der Waals surface area contributed by atoms with Crippen LogP contribution in [0, 0.1) is 23.5 Å². The summed E-state index contributed by atoms with van der Waals surface area (Å²) in [6.07, 6.45) is 3.46. The molecular weight excluding hydrogens is 548 g/mol. The van der Waals surface area contributed by atoms with Crippen LogP contribution >= 0.6 is 0 Å². The van der Waals surface area contributed by atoms with E-state index in [9.17, 15) is 27.2 Å². The Hall–Kier alpha value is -4.13. The Morgan fingerprint density at radius 2 is 1.85 bits per heavy atom. The summed E-state index contributed by atoms with van der Waals surface area (Å²) in [6.45, 7) is -3.10. The van der Waals surface area contributed by atoms with Crippen LogP contribution in [0.1, 0.15) is 53.5 Å². The van der Waals surface area contributed by atoms with Gasteiger partial charge in [-0.3, -0.25) is 9.59 Å². The molecule has 2 aliphatic rings. The third kappa shape index (κ3) is 7.15. The van der Waals surface area contributed by atoms with E-state index >= 15 is 0 Å². The van der Waals surface area contributed by atoms with E-state index in [1.165, 1.54) is 24.3 Å². The first-order chi connectivity index (χ1) is 19.7. The van der Waals surface area contributed by atoms with Crippen LogP contribution in [0.3, 0.4) is 0 Å². The van der Waals surface area contributed by atoms with E-state index in [1.54, 1.807) is 0 Å². The molecule has 0 aliphatic heterocycles. The molecule has 0 bridgehead atoms.